The van der Waals surface area contributed by atoms with Gasteiger partial charge in [-0.2, -0.15) is 15.8 Å². The molecule has 2 heterocycles. The maximum atomic E-state index is 10.2. The van der Waals surface area contributed by atoms with Crippen LogP contribution in [-0.2, 0) is 4.74 Å². The maximum Gasteiger partial charge on any atom is 0.191 e. The molecule has 9 heteroatoms. The smallest absolute Gasteiger partial charge is 0.191 e. The van der Waals surface area contributed by atoms with Crippen LogP contribution in [0.1, 0.15) is 11.5 Å². The van der Waals surface area contributed by atoms with Crippen LogP contribution in [0.3, 0.4) is 0 Å². The second-order valence-electron chi connectivity index (χ2n) is 9.11. The largest absolute Gasteiger partial charge is 0.493 e. The second kappa shape index (κ2) is 10.4. The summed E-state index contributed by atoms with van der Waals surface area (Å²) in [6.07, 6.45) is 1.98. The van der Waals surface area contributed by atoms with E-state index in [4.69, 9.17) is 19.9 Å². The normalized spacial score (nSPS) is 24.4. The van der Waals surface area contributed by atoms with Gasteiger partial charge in [-0.15, -0.1) is 0 Å². The summed E-state index contributed by atoms with van der Waals surface area (Å²) in [7, 11) is 3.54. The lowest BCUT2D eigenvalue weighted by molar-refractivity contribution is 0.0321. The highest BCUT2D eigenvalue weighted by Gasteiger charge is 2.54. The van der Waals surface area contributed by atoms with Gasteiger partial charge in [0.1, 0.15) is 12.7 Å². The van der Waals surface area contributed by atoms with Gasteiger partial charge in [-0.25, -0.2) is 0 Å². The highest BCUT2D eigenvalue weighted by molar-refractivity contribution is 5.60. The third-order valence-electron chi connectivity index (χ3n) is 7.16. The number of nitrogens with zero attached hydrogens (tertiary/aromatic N) is 5. The predicted octanol–water partition coefficient (Wildman–Crippen LogP) is 1.76. The lowest BCUT2D eigenvalue weighted by Gasteiger charge is -2.45. The molecule has 1 fully saturated rings. The zero-order valence-electron chi connectivity index (χ0n) is 20.2. The average Bonchev–Trinajstić information content (AvgIpc) is 2.89. The number of hydrogen-bond donors (Lipinski definition) is 1. The molecule has 0 bridgehead atoms. The Labute approximate surface area is 206 Å². The molecule has 4 rings (SSSR count). The van der Waals surface area contributed by atoms with Crippen molar-refractivity contribution in [2.45, 2.75) is 5.92 Å². The molecule has 2 N–H and O–H groups in total. The summed E-state index contributed by atoms with van der Waals surface area (Å²) in [6, 6.07) is 12.0. The van der Waals surface area contributed by atoms with Gasteiger partial charge in [-0.1, -0.05) is 12.1 Å². The van der Waals surface area contributed by atoms with Crippen LogP contribution in [0.25, 0.3) is 0 Å². The molecule has 3 aliphatic rings. The number of morpholine rings is 1. The van der Waals surface area contributed by atoms with Gasteiger partial charge >= 0.3 is 0 Å². The number of hydrogen-bond acceptors (Lipinski definition) is 9. The van der Waals surface area contributed by atoms with Crippen molar-refractivity contribution in [3.05, 3.63) is 46.7 Å². The fourth-order valence-corrected chi connectivity index (χ4v) is 5.31. The molecule has 35 heavy (non-hydrogen) atoms. The third-order valence-corrected chi connectivity index (χ3v) is 7.16. The van der Waals surface area contributed by atoms with Gasteiger partial charge in [-0.05, 0) is 30.3 Å². The highest BCUT2D eigenvalue weighted by atomic mass is 16.5. The van der Waals surface area contributed by atoms with E-state index < -0.39 is 11.3 Å². The van der Waals surface area contributed by atoms with Gasteiger partial charge in [0, 0.05) is 44.6 Å². The lowest BCUT2D eigenvalue weighted by atomic mass is 9.58. The maximum absolute atomic E-state index is 10.2. The van der Waals surface area contributed by atoms with Crippen molar-refractivity contribution in [1.29, 1.82) is 15.8 Å². The fraction of sp³-hybridized carbons (Fsp3) is 0.500. The molecule has 1 aromatic carbocycles. The van der Waals surface area contributed by atoms with E-state index in [9.17, 15) is 15.8 Å². The Morgan fingerprint density at radius 3 is 2.57 bits per heavy atom. The van der Waals surface area contributed by atoms with Crippen LogP contribution < -0.4 is 15.2 Å². The Kier molecular flexibility index (Phi) is 7.28. The van der Waals surface area contributed by atoms with Gasteiger partial charge < -0.3 is 24.8 Å². The van der Waals surface area contributed by atoms with Crippen LogP contribution in [0.4, 0.5) is 0 Å². The van der Waals surface area contributed by atoms with Crippen molar-refractivity contribution in [3.8, 4) is 29.7 Å². The molecule has 0 aromatic heterocycles. The van der Waals surface area contributed by atoms with Crippen LogP contribution >= 0.6 is 0 Å². The van der Waals surface area contributed by atoms with Crippen molar-refractivity contribution in [3.63, 3.8) is 0 Å². The van der Waals surface area contributed by atoms with Gasteiger partial charge in [0.15, 0.2) is 16.9 Å². The molecule has 0 spiro atoms. The Balaban J connectivity index is 1.69. The molecular weight excluding hydrogens is 444 g/mol. The second-order valence-corrected chi connectivity index (χ2v) is 9.11. The van der Waals surface area contributed by atoms with Crippen molar-refractivity contribution >= 4 is 0 Å². The molecule has 1 saturated heterocycles. The summed E-state index contributed by atoms with van der Waals surface area (Å²) < 4.78 is 17.0. The number of benzene rings is 1. The summed E-state index contributed by atoms with van der Waals surface area (Å²) in [4.78, 5) is 4.40. The van der Waals surface area contributed by atoms with Crippen LogP contribution in [0.15, 0.2) is 41.1 Å². The number of allylic oxidation sites excluding steroid dienone is 2. The molecular formula is C26H30N6O3. The summed E-state index contributed by atoms with van der Waals surface area (Å²) in [6.45, 7) is 5.79. The fourth-order valence-electron chi connectivity index (χ4n) is 5.31. The monoisotopic (exact) mass is 474 g/mol. The van der Waals surface area contributed by atoms with E-state index in [2.05, 4.69) is 28.0 Å². The Bertz CT molecular complexity index is 1140. The molecule has 9 nitrogen and oxygen atoms in total. The zero-order chi connectivity index (χ0) is 25.0. The van der Waals surface area contributed by atoms with Crippen LogP contribution in [0, 0.1) is 45.3 Å². The average molecular weight is 475 g/mol. The van der Waals surface area contributed by atoms with Gasteiger partial charge in [-0.3, -0.25) is 4.90 Å². The standard InChI is InChI=1S/C26H30N6O3/c1-31-6-5-19-20(14-27)25(30)26(16-28,17-29)24(21(19)15-31)18-3-4-22(23(13-18)33-2)35-12-9-32-7-10-34-11-8-32/h3-5,13,21,24H,6-12,15,30H2,1-2H3/t21-,24-/m0/s1. The summed E-state index contributed by atoms with van der Waals surface area (Å²) in [5.74, 6) is 0.308. The van der Waals surface area contributed by atoms with E-state index in [1.165, 1.54) is 0 Å². The summed E-state index contributed by atoms with van der Waals surface area (Å²) in [5, 5.41) is 30.3. The Morgan fingerprint density at radius 2 is 1.91 bits per heavy atom. The highest BCUT2D eigenvalue weighted by Crippen LogP contribution is 2.54. The zero-order valence-corrected chi connectivity index (χ0v) is 20.2. The van der Waals surface area contributed by atoms with Crippen LogP contribution in [0.5, 0.6) is 11.5 Å². The number of rotatable bonds is 6. The summed E-state index contributed by atoms with van der Waals surface area (Å²) >= 11 is 0. The van der Waals surface area contributed by atoms with E-state index in [1.807, 2.05) is 31.3 Å². The minimum Gasteiger partial charge on any atom is -0.493 e. The number of fused-ring (bicyclic) bond motifs is 1. The van der Waals surface area contributed by atoms with E-state index in [0.29, 0.717) is 31.2 Å². The van der Waals surface area contributed by atoms with E-state index in [1.54, 1.807) is 7.11 Å². The van der Waals surface area contributed by atoms with E-state index >= 15 is 0 Å². The first-order valence-electron chi connectivity index (χ1n) is 11.7. The van der Waals surface area contributed by atoms with Gasteiger partial charge in [0.2, 0.25) is 0 Å². The van der Waals surface area contributed by atoms with Crippen molar-refractivity contribution in [1.82, 2.24) is 9.80 Å². The predicted molar refractivity (Wildman–Crippen MR) is 128 cm³/mol. The van der Waals surface area contributed by atoms with E-state index in [0.717, 1.165) is 44.0 Å². The number of nitriles is 3. The van der Waals surface area contributed by atoms with Crippen molar-refractivity contribution in [2.75, 3.05) is 66.7 Å². The first kappa shape index (κ1) is 24.6. The number of likely N-dealkylation sites (N-methyl/N-ethyl adjacent to an activating group) is 1. The van der Waals surface area contributed by atoms with E-state index in [-0.39, 0.29) is 17.2 Å². The van der Waals surface area contributed by atoms with Crippen molar-refractivity contribution < 1.29 is 14.2 Å². The molecule has 1 aromatic rings. The molecule has 1 aliphatic carbocycles. The Hall–Kier alpha value is -3.55. The number of ether oxygens (including phenoxy) is 3. The molecule has 0 unspecified atom stereocenters. The first-order chi connectivity index (χ1) is 17.0. The Morgan fingerprint density at radius 1 is 1.17 bits per heavy atom. The quantitative estimate of drug-likeness (QED) is 0.655. The van der Waals surface area contributed by atoms with Gasteiger partial charge in [0.05, 0.1) is 43.7 Å². The van der Waals surface area contributed by atoms with Crippen molar-refractivity contribution in [2.24, 2.45) is 17.1 Å². The number of methoxy groups -OCH3 is 1. The van der Waals surface area contributed by atoms with Gasteiger partial charge in [0.25, 0.3) is 0 Å². The third kappa shape index (κ3) is 4.45. The molecule has 2 aliphatic heterocycles. The minimum atomic E-state index is -1.67. The SMILES string of the molecule is COc1cc([C@H]2[C@H]3CN(C)CC=C3C(C#N)=C(N)C2(C#N)C#N)ccc1OCCN1CCOCC1. The minimum absolute atomic E-state index is 0.0202. The molecule has 0 amide bonds. The van der Waals surface area contributed by atoms with Crippen LogP contribution in [-0.4, -0.2) is 76.5 Å². The molecule has 0 saturated carbocycles. The van der Waals surface area contributed by atoms with Crippen LogP contribution in [0.2, 0.25) is 0 Å². The molecule has 0 radical (unpaired) electrons. The summed E-state index contributed by atoms with van der Waals surface area (Å²) in [5.41, 5.74) is 6.53. The molecule has 182 valence electrons. The topological polar surface area (TPSA) is 132 Å². The number of nitrogens with two attached hydrogens (primary N) is 1. The first-order valence-corrected chi connectivity index (χ1v) is 11.7. The lowest BCUT2D eigenvalue weighted by Crippen LogP contribution is -2.47. The molecule has 2 atom stereocenters.